The van der Waals surface area contributed by atoms with Gasteiger partial charge in [0.15, 0.2) is 0 Å². The van der Waals surface area contributed by atoms with Crippen LogP contribution >= 0.6 is 11.6 Å². The Hall–Kier alpha value is -4.70. The summed E-state index contributed by atoms with van der Waals surface area (Å²) in [5.74, 6) is -5.12. The maximum atomic E-state index is 15.2. The van der Waals surface area contributed by atoms with Crippen LogP contribution in [0.2, 0.25) is 5.02 Å². The standard InChI is InChI=1S/C39H37ClFN3O6/c1-50-32-19-26(45)15-16-28(32)34-27-17-18-29-33(37(48)43(35(29)46)25-5-3-2-4-6-25)30(27)20-31-36(47)44(42-24-13-11-23(41)12-14-24)38(49)39(31,34)21-7-9-22(40)10-8-21/h7-17,19,25,29-31,33-34,42,45H,2-6,18,20H2,1H3/t29-,30+,31-,33-,34+,39+/m0/s1. The number of carbonyl (C=O) groups is 4. The number of ether oxygens (including phenoxy) is 1. The molecule has 3 aromatic carbocycles. The normalized spacial score (nSPS) is 29.4. The van der Waals surface area contributed by atoms with Gasteiger partial charge >= 0.3 is 0 Å². The van der Waals surface area contributed by atoms with Crippen molar-refractivity contribution in [1.82, 2.24) is 9.91 Å². The van der Waals surface area contributed by atoms with Crippen molar-refractivity contribution in [3.8, 4) is 11.5 Å². The van der Waals surface area contributed by atoms with Crippen molar-refractivity contribution >= 4 is 40.9 Å². The van der Waals surface area contributed by atoms with E-state index in [-0.39, 0.29) is 30.0 Å². The largest absolute Gasteiger partial charge is 0.508 e. The summed E-state index contributed by atoms with van der Waals surface area (Å²) in [4.78, 5) is 60.0. The maximum absolute atomic E-state index is 15.2. The van der Waals surface area contributed by atoms with Gasteiger partial charge in [-0.25, -0.2) is 4.39 Å². The zero-order valence-corrected chi connectivity index (χ0v) is 28.2. The second-order valence-corrected chi connectivity index (χ2v) is 14.6. The van der Waals surface area contributed by atoms with Crippen molar-refractivity contribution in [3.63, 3.8) is 0 Å². The number of hydrogen-bond acceptors (Lipinski definition) is 7. The molecule has 3 aromatic rings. The molecule has 2 saturated carbocycles. The van der Waals surface area contributed by atoms with Gasteiger partial charge in [0, 0.05) is 28.6 Å². The van der Waals surface area contributed by atoms with Gasteiger partial charge < -0.3 is 9.84 Å². The van der Waals surface area contributed by atoms with Gasteiger partial charge in [0.05, 0.1) is 36.0 Å². The molecule has 2 aliphatic heterocycles. The maximum Gasteiger partial charge on any atom is 0.260 e. The molecule has 0 spiro atoms. The summed E-state index contributed by atoms with van der Waals surface area (Å²) in [6.07, 6.45) is 7.05. The molecule has 2 saturated heterocycles. The van der Waals surface area contributed by atoms with E-state index in [1.165, 1.54) is 48.4 Å². The topological polar surface area (TPSA) is 116 Å². The number of likely N-dealkylation sites (tertiary alicyclic amines) is 1. The average molecular weight is 698 g/mol. The molecule has 8 rings (SSSR count). The van der Waals surface area contributed by atoms with Gasteiger partial charge in [-0.15, -0.1) is 0 Å². The van der Waals surface area contributed by atoms with Crippen molar-refractivity contribution in [2.75, 3.05) is 12.5 Å². The van der Waals surface area contributed by atoms with Crippen LogP contribution in [0.25, 0.3) is 0 Å². The number of phenols is 1. The van der Waals surface area contributed by atoms with Gasteiger partial charge in [0.2, 0.25) is 11.8 Å². The third-order valence-corrected chi connectivity index (χ3v) is 12.0. The molecule has 50 heavy (non-hydrogen) atoms. The van der Waals surface area contributed by atoms with Gasteiger partial charge in [0.25, 0.3) is 11.8 Å². The molecule has 0 unspecified atom stereocenters. The lowest BCUT2D eigenvalue weighted by atomic mass is 9.49. The van der Waals surface area contributed by atoms with E-state index in [4.69, 9.17) is 16.3 Å². The number of fused-ring (bicyclic) bond motifs is 4. The molecule has 0 aromatic heterocycles. The van der Waals surface area contributed by atoms with Crippen LogP contribution in [0, 0.1) is 29.5 Å². The number of hydrogen-bond donors (Lipinski definition) is 2. The highest BCUT2D eigenvalue weighted by Gasteiger charge is 2.70. The number of amides is 4. The molecule has 5 aliphatic rings. The molecule has 2 heterocycles. The molecule has 9 nitrogen and oxygen atoms in total. The van der Waals surface area contributed by atoms with Crippen LogP contribution in [0.1, 0.15) is 62.0 Å². The lowest BCUT2D eigenvalue weighted by molar-refractivity contribution is -0.144. The van der Waals surface area contributed by atoms with E-state index >= 15 is 4.79 Å². The number of imide groups is 2. The predicted octanol–water partition coefficient (Wildman–Crippen LogP) is 6.51. The van der Waals surface area contributed by atoms with Crippen molar-refractivity contribution in [1.29, 1.82) is 0 Å². The number of nitrogens with zero attached hydrogens (tertiary/aromatic N) is 2. The lowest BCUT2D eigenvalue weighted by Gasteiger charge is -2.50. The van der Waals surface area contributed by atoms with E-state index in [1.54, 1.807) is 30.3 Å². The van der Waals surface area contributed by atoms with Crippen LogP contribution in [0.5, 0.6) is 11.5 Å². The Labute approximate surface area is 294 Å². The molecular formula is C39H37ClFN3O6. The Balaban J connectivity index is 1.33. The number of hydrazine groups is 1. The molecular weight excluding hydrogens is 661 g/mol. The van der Waals surface area contributed by atoms with E-state index in [1.807, 2.05) is 6.08 Å². The Morgan fingerprint density at radius 3 is 2.32 bits per heavy atom. The SMILES string of the molecule is COc1cc(O)ccc1[C@H]1C2=CC[C@@H]3C(=O)N(C4CCCCC4)C(=O)[C@@H]3[C@@H]2C[C@H]2C(=O)N(Nc3ccc(F)cc3)C(=O)[C@@]12c1ccc(Cl)cc1. The first-order chi connectivity index (χ1) is 24.1. The highest BCUT2D eigenvalue weighted by molar-refractivity contribution is 6.30. The molecule has 0 bridgehead atoms. The van der Waals surface area contributed by atoms with Gasteiger partial charge in [-0.05, 0) is 79.6 Å². The first kappa shape index (κ1) is 32.5. The first-order valence-electron chi connectivity index (χ1n) is 17.3. The fourth-order valence-electron chi connectivity index (χ4n) is 9.66. The van der Waals surface area contributed by atoms with Crippen LogP contribution in [-0.2, 0) is 24.6 Å². The summed E-state index contributed by atoms with van der Waals surface area (Å²) in [6.45, 7) is 0. The first-order valence-corrected chi connectivity index (χ1v) is 17.6. The number of nitrogens with one attached hydrogen (secondary N) is 1. The second-order valence-electron chi connectivity index (χ2n) is 14.1. The molecule has 258 valence electrons. The van der Waals surface area contributed by atoms with Crippen LogP contribution in [0.15, 0.2) is 78.4 Å². The molecule has 0 radical (unpaired) electrons. The van der Waals surface area contributed by atoms with E-state index in [2.05, 4.69) is 5.43 Å². The van der Waals surface area contributed by atoms with E-state index in [0.29, 0.717) is 34.0 Å². The number of allylic oxidation sites excluding steroid dienone is 2. The number of methoxy groups -OCH3 is 1. The molecule has 6 atom stereocenters. The minimum atomic E-state index is -1.54. The summed E-state index contributed by atoms with van der Waals surface area (Å²) in [6, 6.07) is 16.8. The molecule has 2 N–H and O–H groups in total. The predicted molar refractivity (Wildman–Crippen MR) is 182 cm³/mol. The van der Waals surface area contributed by atoms with Gasteiger partial charge in [0.1, 0.15) is 17.3 Å². The van der Waals surface area contributed by atoms with Crippen molar-refractivity contribution < 1.29 is 33.4 Å². The minimum Gasteiger partial charge on any atom is -0.508 e. The third kappa shape index (κ3) is 4.78. The Morgan fingerprint density at radius 2 is 1.62 bits per heavy atom. The number of phenolic OH excluding ortho intramolecular Hbond substituents is 1. The fourth-order valence-corrected chi connectivity index (χ4v) is 9.79. The van der Waals surface area contributed by atoms with Crippen LogP contribution in [0.4, 0.5) is 10.1 Å². The Morgan fingerprint density at radius 1 is 0.900 bits per heavy atom. The van der Waals surface area contributed by atoms with E-state index in [0.717, 1.165) is 42.7 Å². The zero-order chi connectivity index (χ0) is 34.9. The summed E-state index contributed by atoms with van der Waals surface area (Å²) in [5, 5.41) is 12.0. The number of rotatable bonds is 6. The minimum absolute atomic E-state index is 0.0409. The van der Waals surface area contributed by atoms with Crippen LogP contribution < -0.4 is 10.2 Å². The summed E-state index contributed by atoms with van der Waals surface area (Å²) >= 11 is 6.36. The molecule has 3 aliphatic carbocycles. The van der Waals surface area contributed by atoms with Crippen LogP contribution in [0.3, 0.4) is 0 Å². The highest BCUT2D eigenvalue weighted by atomic mass is 35.5. The summed E-state index contributed by atoms with van der Waals surface area (Å²) in [7, 11) is 1.47. The fraction of sp³-hybridized carbons (Fsp3) is 0.385. The number of halogens is 2. The second kappa shape index (κ2) is 12.3. The van der Waals surface area contributed by atoms with Gasteiger partial charge in [-0.1, -0.05) is 60.7 Å². The van der Waals surface area contributed by atoms with Crippen molar-refractivity contribution in [3.05, 3.63) is 100 Å². The summed E-state index contributed by atoms with van der Waals surface area (Å²) < 4.78 is 19.7. The van der Waals surface area contributed by atoms with Crippen molar-refractivity contribution in [2.24, 2.45) is 23.7 Å². The van der Waals surface area contributed by atoms with Crippen molar-refractivity contribution in [2.45, 2.75) is 62.3 Å². The summed E-state index contributed by atoms with van der Waals surface area (Å²) in [5.41, 5.74) is 3.66. The molecule has 4 amide bonds. The number of anilines is 1. The molecule has 11 heteroatoms. The van der Waals surface area contributed by atoms with E-state index < -0.39 is 52.6 Å². The number of benzene rings is 3. The zero-order valence-electron chi connectivity index (χ0n) is 27.5. The van der Waals surface area contributed by atoms with Gasteiger partial charge in [-0.3, -0.25) is 29.5 Å². The average Bonchev–Trinajstić information content (AvgIpc) is 3.50. The van der Waals surface area contributed by atoms with Crippen LogP contribution in [-0.4, -0.2) is 51.8 Å². The third-order valence-electron chi connectivity index (χ3n) is 11.8. The number of carbonyl (C=O) groups excluding carboxylic acids is 4. The van der Waals surface area contributed by atoms with Gasteiger partial charge in [-0.2, -0.15) is 5.01 Å². The Bertz CT molecular complexity index is 1930. The van der Waals surface area contributed by atoms with E-state index in [9.17, 15) is 23.9 Å². The number of aromatic hydroxyl groups is 1. The lowest BCUT2D eigenvalue weighted by Crippen LogP contribution is -2.53. The quantitative estimate of drug-likeness (QED) is 0.223. The Kier molecular flexibility index (Phi) is 7.97. The monoisotopic (exact) mass is 697 g/mol. The smallest absolute Gasteiger partial charge is 0.260 e. The molecule has 4 fully saturated rings. The highest BCUT2D eigenvalue weighted by Crippen LogP contribution is 2.65.